The molecule has 0 aliphatic heterocycles. The summed E-state index contributed by atoms with van der Waals surface area (Å²) in [7, 11) is 1.89. The molecule has 3 nitrogen and oxygen atoms in total. The number of nitrogens with zero attached hydrogens (tertiary/aromatic N) is 1. The quantitative estimate of drug-likeness (QED) is 0.503. The Bertz CT molecular complexity index is 274. The van der Waals surface area contributed by atoms with E-state index in [2.05, 4.69) is 6.92 Å². The monoisotopic (exact) mass is 283 g/mol. The Morgan fingerprint density at radius 3 is 1.90 bits per heavy atom. The lowest BCUT2D eigenvalue weighted by Gasteiger charge is -2.15. The summed E-state index contributed by atoms with van der Waals surface area (Å²) in [6.45, 7) is 6.89. The maximum atomic E-state index is 11.7. The molecule has 0 saturated carbocycles. The first-order chi connectivity index (χ1) is 9.49. The van der Waals surface area contributed by atoms with Crippen LogP contribution >= 0.6 is 0 Å². The van der Waals surface area contributed by atoms with Crippen molar-refractivity contribution in [2.45, 2.75) is 78.6 Å². The minimum Gasteiger partial charge on any atom is -0.346 e. The summed E-state index contributed by atoms with van der Waals surface area (Å²) < 4.78 is 0. The fraction of sp³-hybridized carbons (Fsp3) is 0.882. The van der Waals surface area contributed by atoms with Crippen LogP contribution in [0.3, 0.4) is 0 Å². The van der Waals surface area contributed by atoms with Crippen LogP contribution in [0.4, 0.5) is 0 Å². The lowest BCUT2D eigenvalue weighted by Crippen LogP contribution is -2.26. The van der Waals surface area contributed by atoms with Gasteiger partial charge < -0.3 is 4.90 Å². The molecule has 0 heterocycles. The number of Topliss-reactive ketones (excluding diaryl/α,β-unsaturated/α-hetero) is 1. The number of amides is 1. The topological polar surface area (TPSA) is 37.4 Å². The second kappa shape index (κ2) is 11.9. The lowest BCUT2D eigenvalue weighted by molar-refractivity contribution is -0.130. The summed E-state index contributed by atoms with van der Waals surface area (Å²) in [5.41, 5.74) is 0. The molecule has 0 N–H and O–H groups in total. The Kier molecular flexibility index (Phi) is 11.4. The van der Waals surface area contributed by atoms with Crippen molar-refractivity contribution in [3.05, 3.63) is 0 Å². The maximum Gasteiger partial charge on any atom is 0.222 e. The van der Waals surface area contributed by atoms with Crippen LogP contribution in [0.25, 0.3) is 0 Å². The highest BCUT2D eigenvalue weighted by Gasteiger charge is 2.07. The molecule has 3 heteroatoms. The molecule has 0 aromatic rings. The van der Waals surface area contributed by atoms with Gasteiger partial charge in [-0.2, -0.15) is 0 Å². The molecule has 1 amide bonds. The van der Waals surface area contributed by atoms with Crippen molar-refractivity contribution in [1.29, 1.82) is 0 Å². The molecule has 118 valence electrons. The van der Waals surface area contributed by atoms with Crippen LogP contribution in [0.5, 0.6) is 0 Å². The molecule has 0 bridgehead atoms. The third-order valence-electron chi connectivity index (χ3n) is 3.69. The SMILES string of the molecule is CCCN(C)C(=O)CCCCCCCCC(=O)C(C)C. The van der Waals surface area contributed by atoms with Gasteiger partial charge in [0.05, 0.1) is 0 Å². The van der Waals surface area contributed by atoms with E-state index in [9.17, 15) is 9.59 Å². The smallest absolute Gasteiger partial charge is 0.222 e. The van der Waals surface area contributed by atoms with Gasteiger partial charge in [-0.05, 0) is 19.3 Å². The van der Waals surface area contributed by atoms with Gasteiger partial charge in [0.25, 0.3) is 0 Å². The Balaban J connectivity index is 3.37. The number of hydrogen-bond donors (Lipinski definition) is 0. The molecule has 0 saturated heterocycles. The molecule has 0 aromatic heterocycles. The second-order valence-corrected chi connectivity index (χ2v) is 6.06. The molecule has 0 atom stereocenters. The van der Waals surface area contributed by atoms with Crippen LogP contribution in [0, 0.1) is 5.92 Å². The number of ketones is 1. The average molecular weight is 283 g/mol. The molecule has 0 aromatic carbocycles. The molecule has 0 unspecified atom stereocenters. The van der Waals surface area contributed by atoms with E-state index in [0.29, 0.717) is 12.2 Å². The normalized spacial score (nSPS) is 10.8. The molecule has 0 fully saturated rings. The number of unbranched alkanes of at least 4 members (excludes halogenated alkanes) is 5. The fourth-order valence-corrected chi connectivity index (χ4v) is 2.22. The Hall–Kier alpha value is -0.860. The fourth-order valence-electron chi connectivity index (χ4n) is 2.22. The zero-order valence-corrected chi connectivity index (χ0v) is 13.9. The van der Waals surface area contributed by atoms with Gasteiger partial charge in [-0.3, -0.25) is 9.59 Å². The minimum absolute atomic E-state index is 0.182. The minimum atomic E-state index is 0.182. The Morgan fingerprint density at radius 2 is 1.40 bits per heavy atom. The lowest BCUT2D eigenvalue weighted by atomic mass is 10.0. The van der Waals surface area contributed by atoms with Crippen molar-refractivity contribution < 1.29 is 9.59 Å². The summed E-state index contributed by atoms with van der Waals surface area (Å²) in [5.74, 6) is 0.838. The van der Waals surface area contributed by atoms with Crippen molar-refractivity contribution >= 4 is 11.7 Å². The molecule has 0 aliphatic rings. The first-order valence-electron chi connectivity index (χ1n) is 8.25. The predicted molar refractivity (Wildman–Crippen MR) is 84.7 cm³/mol. The van der Waals surface area contributed by atoms with Crippen LogP contribution in [0.15, 0.2) is 0 Å². The standard InChI is InChI=1S/C17H33NO2/c1-5-14-18(4)17(20)13-11-9-7-6-8-10-12-16(19)15(2)3/h15H,5-14H2,1-4H3. The van der Waals surface area contributed by atoms with E-state index in [1.165, 1.54) is 12.8 Å². The zero-order chi connectivity index (χ0) is 15.4. The van der Waals surface area contributed by atoms with Gasteiger partial charge in [0, 0.05) is 32.4 Å². The largest absolute Gasteiger partial charge is 0.346 e. The summed E-state index contributed by atoms with van der Waals surface area (Å²) in [6.07, 6.45) is 9.10. The Labute approximate surface area is 125 Å². The highest BCUT2D eigenvalue weighted by Crippen LogP contribution is 2.11. The van der Waals surface area contributed by atoms with Crippen LogP contribution < -0.4 is 0 Å². The molecule has 0 aliphatic carbocycles. The first kappa shape index (κ1) is 19.1. The third kappa shape index (κ3) is 9.99. The van der Waals surface area contributed by atoms with E-state index in [1.54, 1.807) is 0 Å². The zero-order valence-electron chi connectivity index (χ0n) is 13.9. The van der Waals surface area contributed by atoms with Gasteiger partial charge in [0.15, 0.2) is 0 Å². The van der Waals surface area contributed by atoms with Crippen molar-refractivity contribution in [3.8, 4) is 0 Å². The van der Waals surface area contributed by atoms with E-state index in [-0.39, 0.29) is 11.8 Å². The van der Waals surface area contributed by atoms with Gasteiger partial charge >= 0.3 is 0 Å². The van der Waals surface area contributed by atoms with Crippen LogP contribution in [-0.2, 0) is 9.59 Å². The molecule has 0 radical (unpaired) electrons. The number of rotatable bonds is 12. The highest BCUT2D eigenvalue weighted by atomic mass is 16.2. The third-order valence-corrected chi connectivity index (χ3v) is 3.69. The van der Waals surface area contributed by atoms with Crippen molar-refractivity contribution in [2.24, 2.45) is 5.92 Å². The van der Waals surface area contributed by atoms with Crippen LogP contribution in [0.2, 0.25) is 0 Å². The van der Waals surface area contributed by atoms with Crippen LogP contribution in [-0.4, -0.2) is 30.2 Å². The molecular weight excluding hydrogens is 250 g/mol. The molecule has 0 spiro atoms. The number of carbonyl (C=O) groups excluding carboxylic acids is 2. The highest BCUT2D eigenvalue weighted by molar-refractivity contribution is 5.80. The van der Waals surface area contributed by atoms with Gasteiger partial charge in [-0.15, -0.1) is 0 Å². The van der Waals surface area contributed by atoms with E-state index < -0.39 is 0 Å². The van der Waals surface area contributed by atoms with Gasteiger partial charge in [-0.25, -0.2) is 0 Å². The summed E-state index contributed by atoms with van der Waals surface area (Å²) in [6, 6.07) is 0. The number of carbonyl (C=O) groups is 2. The Morgan fingerprint density at radius 1 is 0.900 bits per heavy atom. The van der Waals surface area contributed by atoms with Crippen molar-refractivity contribution in [3.63, 3.8) is 0 Å². The molecular formula is C17H33NO2. The second-order valence-electron chi connectivity index (χ2n) is 6.06. The molecule has 20 heavy (non-hydrogen) atoms. The average Bonchev–Trinajstić information content (AvgIpc) is 2.41. The summed E-state index contributed by atoms with van der Waals surface area (Å²) in [4.78, 5) is 25.0. The summed E-state index contributed by atoms with van der Waals surface area (Å²) in [5, 5.41) is 0. The van der Waals surface area contributed by atoms with E-state index in [4.69, 9.17) is 0 Å². The van der Waals surface area contributed by atoms with Crippen LogP contribution in [0.1, 0.15) is 78.6 Å². The predicted octanol–water partition coefficient (Wildman–Crippen LogP) is 4.20. The van der Waals surface area contributed by atoms with E-state index in [1.807, 2.05) is 25.8 Å². The van der Waals surface area contributed by atoms with Crippen molar-refractivity contribution in [2.75, 3.05) is 13.6 Å². The van der Waals surface area contributed by atoms with E-state index in [0.717, 1.165) is 45.1 Å². The van der Waals surface area contributed by atoms with E-state index >= 15 is 0 Å². The number of hydrogen-bond acceptors (Lipinski definition) is 2. The molecule has 0 rings (SSSR count). The van der Waals surface area contributed by atoms with Gasteiger partial charge in [0.1, 0.15) is 5.78 Å². The summed E-state index contributed by atoms with van der Waals surface area (Å²) >= 11 is 0. The van der Waals surface area contributed by atoms with Crippen molar-refractivity contribution in [1.82, 2.24) is 4.90 Å². The van der Waals surface area contributed by atoms with Gasteiger partial charge in [-0.1, -0.05) is 46.5 Å². The maximum absolute atomic E-state index is 11.7. The van der Waals surface area contributed by atoms with Gasteiger partial charge in [0.2, 0.25) is 5.91 Å². The first-order valence-corrected chi connectivity index (χ1v) is 8.25.